The lowest BCUT2D eigenvalue weighted by atomic mass is 10.0. The normalized spacial score (nSPS) is 12.6. The van der Waals surface area contributed by atoms with E-state index in [1.807, 2.05) is 30.2 Å². The van der Waals surface area contributed by atoms with Crippen molar-refractivity contribution in [2.75, 3.05) is 11.9 Å². The third-order valence-corrected chi connectivity index (χ3v) is 3.38. The predicted octanol–water partition coefficient (Wildman–Crippen LogP) is 2.65. The van der Waals surface area contributed by atoms with Crippen LogP contribution in [0.2, 0.25) is 0 Å². The zero-order valence-electron chi connectivity index (χ0n) is 12.5. The van der Waals surface area contributed by atoms with Crippen LogP contribution in [0.25, 0.3) is 0 Å². The van der Waals surface area contributed by atoms with Crippen LogP contribution in [0.3, 0.4) is 0 Å². The summed E-state index contributed by atoms with van der Waals surface area (Å²) >= 11 is 0. The highest BCUT2D eigenvalue weighted by molar-refractivity contribution is 5.43. The Morgan fingerprint density at radius 3 is 2.55 bits per heavy atom. The second kappa shape index (κ2) is 7.10. The molecule has 0 saturated carbocycles. The van der Waals surface area contributed by atoms with Gasteiger partial charge in [0.2, 0.25) is 0 Å². The number of nitrogens with zero attached hydrogens (tertiary/aromatic N) is 2. The van der Waals surface area contributed by atoms with Crippen molar-refractivity contribution >= 4 is 5.69 Å². The number of aryl methyl sites for hydroxylation is 1. The van der Waals surface area contributed by atoms with Gasteiger partial charge in [-0.1, -0.05) is 32.0 Å². The van der Waals surface area contributed by atoms with Gasteiger partial charge in [0.1, 0.15) is 0 Å². The smallest absolute Gasteiger partial charge is 0.0534 e. The van der Waals surface area contributed by atoms with E-state index in [0.717, 1.165) is 13.1 Å². The van der Waals surface area contributed by atoms with E-state index in [9.17, 15) is 0 Å². The summed E-state index contributed by atoms with van der Waals surface area (Å²) in [5.41, 5.74) is 2.39. The highest BCUT2D eigenvalue weighted by Gasteiger charge is 2.12. The van der Waals surface area contributed by atoms with Gasteiger partial charge in [0.25, 0.3) is 0 Å². The number of hydrogen-bond donors (Lipinski definition) is 2. The molecule has 0 saturated heterocycles. The highest BCUT2D eigenvalue weighted by atomic mass is 15.2. The Balaban J connectivity index is 1.83. The highest BCUT2D eigenvalue weighted by Crippen LogP contribution is 2.11. The van der Waals surface area contributed by atoms with E-state index >= 15 is 0 Å². The fourth-order valence-electron chi connectivity index (χ4n) is 2.14. The van der Waals surface area contributed by atoms with Gasteiger partial charge in [-0.2, -0.15) is 5.10 Å². The lowest BCUT2D eigenvalue weighted by molar-refractivity contribution is 0.484. The molecule has 0 aliphatic rings. The monoisotopic (exact) mass is 272 g/mol. The van der Waals surface area contributed by atoms with Gasteiger partial charge in [0, 0.05) is 43.6 Å². The summed E-state index contributed by atoms with van der Waals surface area (Å²) in [6.45, 7) is 6.27. The molecule has 108 valence electrons. The zero-order valence-corrected chi connectivity index (χ0v) is 12.5. The average Bonchev–Trinajstić information content (AvgIpc) is 2.84. The molecule has 4 nitrogen and oxygen atoms in total. The lowest BCUT2D eigenvalue weighted by Crippen LogP contribution is -2.36. The molecule has 1 aromatic carbocycles. The predicted molar refractivity (Wildman–Crippen MR) is 83.6 cm³/mol. The summed E-state index contributed by atoms with van der Waals surface area (Å²) in [5.74, 6) is 0.566. The molecule has 20 heavy (non-hydrogen) atoms. The minimum Gasteiger partial charge on any atom is -0.381 e. The van der Waals surface area contributed by atoms with Crippen LogP contribution in [0.1, 0.15) is 19.4 Å². The molecule has 0 fully saturated rings. The molecule has 0 radical (unpaired) electrons. The fourth-order valence-corrected chi connectivity index (χ4v) is 2.14. The number of hydrogen-bond acceptors (Lipinski definition) is 3. The molecule has 1 heterocycles. The standard InChI is InChI=1S/C16H24N4/c1-13(2)16(19-15-7-5-4-6-8-15)11-17-9-14-10-18-20(3)12-14/h4-8,10,12-13,16-17,19H,9,11H2,1-3H3/t16-/m0/s1. The van der Waals surface area contributed by atoms with E-state index in [4.69, 9.17) is 0 Å². The molecule has 2 rings (SSSR count). The van der Waals surface area contributed by atoms with Gasteiger partial charge in [0.05, 0.1) is 6.20 Å². The first-order valence-corrected chi connectivity index (χ1v) is 7.15. The summed E-state index contributed by atoms with van der Waals surface area (Å²) in [7, 11) is 1.94. The lowest BCUT2D eigenvalue weighted by Gasteiger charge is -2.24. The molecule has 0 unspecified atom stereocenters. The Kier molecular flexibility index (Phi) is 5.18. The maximum absolute atomic E-state index is 4.18. The number of para-hydroxylation sites is 1. The first-order chi connectivity index (χ1) is 9.65. The van der Waals surface area contributed by atoms with E-state index in [1.54, 1.807) is 0 Å². The Labute approximate surface area is 121 Å². The van der Waals surface area contributed by atoms with Crippen molar-refractivity contribution in [1.29, 1.82) is 0 Å². The van der Waals surface area contributed by atoms with Crippen molar-refractivity contribution in [1.82, 2.24) is 15.1 Å². The van der Waals surface area contributed by atoms with Crippen molar-refractivity contribution in [3.63, 3.8) is 0 Å². The van der Waals surface area contributed by atoms with Crippen LogP contribution in [0, 0.1) is 5.92 Å². The van der Waals surface area contributed by atoms with Crippen molar-refractivity contribution in [3.05, 3.63) is 48.3 Å². The van der Waals surface area contributed by atoms with E-state index in [0.29, 0.717) is 12.0 Å². The minimum absolute atomic E-state index is 0.411. The van der Waals surface area contributed by atoms with Gasteiger partial charge in [0.15, 0.2) is 0 Å². The van der Waals surface area contributed by atoms with Crippen molar-refractivity contribution in [2.45, 2.75) is 26.4 Å². The summed E-state index contributed by atoms with van der Waals surface area (Å²) in [6.07, 6.45) is 3.95. The molecular weight excluding hydrogens is 248 g/mol. The molecule has 1 atom stereocenters. The third kappa shape index (κ3) is 4.38. The van der Waals surface area contributed by atoms with Crippen molar-refractivity contribution in [3.8, 4) is 0 Å². The third-order valence-electron chi connectivity index (χ3n) is 3.38. The largest absolute Gasteiger partial charge is 0.381 e. The summed E-state index contributed by atoms with van der Waals surface area (Å²) in [4.78, 5) is 0. The van der Waals surface area contributed by atoms with Crippen LogP contribution >= 0.6 is 0 Å². The molecule has 2 aromatic rings. The van der Waals surface area contributed by atoms with Gasteiger partial charge in [-0.15, -0.1) is 0 Å². The van der Waals surface area contributed by atoms with Crippen LogP contribution in [0.5, 0.6) is 0 Å². The molecule has 0 amide bonds. The molecule has 0 bridgehead atoms. The van der Waals surface area contributed by atoms with Gasteiger partial charge >= 0.3 is 0 Å². The second-order valence-corrected chi connectivity index (χ2v) is 5.51. The number of rotatable bonds is 7. The molecule has 0 spiro atoms. The number of anilines is 1. The molecule has 1 aromatic heterocycles. The zero-order chi connectivity index (χ0) is 14.4. The van der Waals surface area contributed by atoms with E-state index < -0.39 is 0 Å². The van der Waals surface area contributed by atoms with Crippen molar-refractivity contribution in [2.24, 2.45) is 13.0 Å². The number of aromatic nitrogens is 2. The summed E-state index contributed by atoms with van der Waals surface area (Å²) in [6, 6.07) is 10.8. The van der Waals surface area contributed by atoms with Crippen LogP contribution in [-0.2, 0) is 13.6 Å². The Morgan fingerprint density at radius 1 is 1.20 bits per heavy atom. The van der Waals surface area contributed by atoms with Crippen LogP contribution in [0.4, 0.5) is 5.69 Å². The van der Waals surface area contributed by atoms with Crippen LogP contribution < -0.4 is 10.6 Å². The molecule has 2 N–H and O–H groups in total. The topological polar surface area (TPSA) is 41.9 Å². The molecule has 0 aliphatic carbocycles. The Morgan fingerprint density at radius 2 is 1.95 bits per heavy atom. The fraction of sp³-hybridized carbons (Fsp3) is 0.438. The van der Waals surface area contributed by atoms with Gasteiger partial charge in [-0.05, 0) is 18.1 Å². The molecular formula is C16H24N4. The maximum atomic E-state index is 4.18. The molecule has 4 heteroatoms. The van der Waals surface area contributed by atoms with Gasteiger partial charge < -0.3 is 10.6 Å². The number of nitrogens with one attached hydrogen (secondary N) is 2. The minimum atomic E-state index is 0.411. The maximum Gasteiger partial charge on any atom is 0.0534 e. The first kappa shape index (κ1) is 14.6. The van der Waals surface area contributed by atoms with Gasteiger partial charge in [-0.3, -0.25) is 4.68 Å². The molecule has 0 aliphatic heterocycles. The van der Waals surface area contributed by atoms with E-state index in [-0.39, 0.29) is 0 Å². The summed E-state index contributed by atoms with van der Waals surface area (Å²) in [5, 5.41) is 11.3. The van der Waals surface area contributed by atoms with Crippen molar-refractivity contribution < 1.29 is 0 Å². The van der Waals surface area contributed by atoms with Crippen LogP contribution in [0.15, 0.2) is 42.7 Å². The first-order valence-electron chi connectivity index (χ1n) is 7.15. The van der Waals surface area contributed by atoms with E-state index in [1.165, 1.54) is 11.3 Å². The van der Waals surface area contributed by atoms with E-state index in [2.05, 4.69) is 53.8 Å². The summed E-state index contributed by atoms with van der Waals surface area (Å²) < 4.78 is 1.83. The Hall–Kier alpha value is -1.81. The van der Waals surface area contributed by atoms with Crippen LogP contribution in [-0.4, -0.2) is 22.4 Å². The Bertz CT molecular complexity index is 504. The second-order valence-electron chi connectivity index (χ2n) is 5.51. The SMILES string of the molecule is CC(C)[C@H](CNCc1cnn(C)c1)Nc1ccccc1. The quantitative estimate of drug-likeness (QED) is 0.814. The number of benzene rings is 1. The average molecular weight is 272 g/mol. The van der Waals surface area contributed by atoms with Gasteiger partial charge in [-0.25, -0.2) is 0 Å².